The van der Waals surface area contributed by atoms with Gasteiger partial charge in [0.25, 0.3) is 0 Å². The van der Waals surface area contributed by atoms with E-state index in [2.05, 4.69) is 9.97 Å². The quantitative estimate of drug-likeness (QED) is 0.739. The van der Waals surface area contributed by atoms with Gasteiger partial charge in [0.2, 0.25) is 0 Å². The fourth-order valence-corrected chi connectivity index (χ4v) is 2.09. The molecule has 0 fully saturated rings. The first-order valence-electron chi connectivity index (χ1n) is 3.71. The number of nitrogens with zero attached hydrogens (tertiary/aromatic N) is 1. The smallest absolute Gasteiger partial charge is 0.177 e. The molecule has 0 saturated carbocycles. The van der Waals surface area contributed by atoms with Crippen LogP contribution in [0.15, 0.2) is 29.4 Å². The van der Waals surface area contributed by atoms with Gasteiger partial charge in [-0.15, -0.1) is 0 Å². The van der Waals surface area contributed by atoms with Crippen LogP contribution in [0.1, 0.15) is 0 Å². The summed E-state index contributed by atoms with van der Waals surface area (Å²) in [6.07, 6.45) is 4.35. The molecule has 2 aromatic heterocycles. The molecule has 0 amide bonds. The molecule has 1 N–H and O–H groups in total. The van der Waals surface area contributed by atoms with Crippen LogP contribution in [0.2, 0.25) is 0 Å². The lowest BCUT2D eigenvalue weighted by Crippen LogP contribution is -1.98. The third-order valence-corrected chi connectivity index (χ3v) is 2.95. The van der Waals surface area contributed by atoms with E-state index in [1.807, 2.05) is 0 Å². The average molecular weight is 196 g/mol. The Bertz CT molecular complexity index is 542. The van der Waals surface area contributed by atoms with Crippen molar-refractivity contribution in [2.45, 2.75) is 4.90 Å². The predicted molar refractivity (Wildman–Crippen MR) is 49.2 cm³/mol. The van der Waals surface area contributed by atoms with E-state index >= 15 is 0 Å². The summed E-state index contributed by atoms with van der Waals surface area (Å²) < 4.78 is 22.6. The van der Waals surface area contributed by atoms with Gasteiger partial charge in [0, 0.05) is 18.6 Å². The highest BCUT2D eigenvalue weighted by Crippen LogP contribution is 2.18. The molecule has 68 valence electrons. The summed E-state index contributed by atoms with van der Waals surface area (Å²) >= 11 is 0. The summed E-state index contributed by atoms with van der Waals surface area (Å²) in [5, 5.41) is 0. The molecular weight excluding hydrogens is 188 g/mol. The molecule has 5 heteroatoms. The highest BCUT2D eigenvalue weighted by Gasteiger charge is 2.12. The maximum Gasteiger partial charge on any atom is 0.177 e. The normalized spacial score (nSPS) is 12.1. The zero-order valence-corrected chi connectivity index (χ0v) is 7.80. The lowest BCUT2D eigenvalue weighted by atomic mass is 10.4. The molecule has 0 saturated heterocycles. The zero-order valence-electron chi connectivity index (χ0n) is 6.98. The Hall–Kier alpha value is -1.36. The van der Waals surface area contributed by atoms with Crippen molar-refractivity contribution in [1.82, 2.24) is 9.97 Å². The van der Waals surface area contributed by atoms with Gasteiger partial charge in [0.05, 0.1) is 15.9 Å². The lowest BCUT2D eigenvalue weighted by Gasteiger charge is -1.98. The van der Waals surface area contributed by atoms with E-state index in [0.717, 1.165) is 0 Å². The first kappa shape index (κ1) is 8.25. The van der Waals surface area contributed by atoms with E-state index < -0.39 is 9.84 Å². The van der Waals surface area contributed by atoms with Crippen molar-refractivity contribution in [2.24, 2.45) is 0 Å². The molecule has 0 unspecified atom stereocenters. The van der Waals surface area contributed by atoms with Gasteiger partial charge >= 0.3 is 0 Å². The maximum absolute atomic E-state index is 11.3. The van der Waals surface area contributed by atoms with Crippen LogP contribution in [0.3, 0.4) is 0 Å². The standard InChI is InChI=1S/C8H8N2O2S/c1-13(11,12)7-3-5-9-6-2-4-10-8(6)7/h2-5,10H,1H3. The molecule has 2 aromatic rings. The van der Waals surface area contributed by atoms with E-state index in [1.54, 1.807) is 12.3 Å². The fourth-order valence-electron chi connectivity index (χ4n) is 1.24. The number of aromatic nitrogens is 2. The topological polar surface area (TPSA) is 62.8 Å². The zero-order chi connectivity index (χ0) is 9.47. The third kappa shape index (κ3) is 1.31. The molecule has 0 bridgehead atoms. The summed E-state index contributed by atoms with van der Waals surface area (Å²) in [4.78, 5) is 7.17. The van der Waals surface area contributed by atoms with Gasteiger partial charge in [-0.3, -0.25) is 4.98 Å². The van der Waals surface area contributed by atoms with Gasteiger partial charge in [-0.25, -0.2) is 8.42 Å². The largest absolute Gasteiger partial charge is 0.359 e. The van der Waals surface area contributed by atoms with Crippen LogP contribution in [0.25, 0.3) is 11.0 Å². The number of hydrogen-bond acceptors (Lipinski definition) is 3. The van der Waals surface area contributed by atoms with Crippen molar-refractivity contribution in [1.29, 1.82) is 0 Å². The molecule has 0 aliphatic carbocycles. The highest BCUT2D eigenvalue weighted by molar-refractivity contribution is 7.91. The molecule has 0 radical (unpaired) electrons. The minimum absolute atomic E-state index is 0.294. The molecule has 0 spiro atoms. The van der Waals surface area contributed by atoms with Gasteiger partial charge in [0.1, 0.15) is 0 Å². The summed E-state index contributed by atoms with van der Waals surface area (Å²) in [5.74, 6) is 0. The second-order valence-corrected chi connectivity index (χ2v) is 4.80. The highest BCUT2D eigenvalue weighted by atomic mass is 32.2. The average Bonchev–Trinajstić information content (AvgIpc) is 2.48. The minimum Gasteiger partial charge on any atom is -0.359 e. The van der Waals surface area contributed by atoms with Crippen molar-refractivity contribution >= 4 is 20.9 Å². The minimum atomic E-state index is -3.17. The molecule has 0 aromatic carbocycles. The van der Waals surface area contributed by atoms with Crippen LogP contribution >= 0.6 is 0 Å². The van der Waals surface area contributed by atoms with E-state index in [-0.39, 0.29) is 0 Å². The van der Waals surface area contributed by atoms with Gasteiger partial charge in [-0.2, -0.15) is 0 Å². The van der Waals surface area contributed by atoms with Gasteiger partial charge in [-0.1, -0.05) is 0 Å². The Kier molecular flexibility index (Phi) is 1.63. The van der Waals surface area contributed by atoms with Crippen molar-refractivity contribution in [3.63, 3.8) is 0 Å². The molecular formula is C8H8N2O2S. The lowest BCUT2D eigenvalue weighted by molar-refractivity contribution is 0.602. The summed E-state index contributed by atoms with van der Waals surface area (Å²) in [6.45, 7) is 0. The number of H-pyrrole nitrogens is 1. The van der Waals surface area contributed by atoms with Crippen molar-refractivity contribution in [3.8, 4) is 0 Å². The second kappa shape index (κ2) is 2.56. The fraction of sp³-hybridized carbons (Fsp3) is 0.125. The van der Waals surface area contributed by atoms with E-state index in [0.29, 0.717) is 15.9 Å². The van der Waals surface area contributed by atoms with Crippen LogP contribution in [0.5, 0.6) is 0 Å². The maximum atomic E-state index is 11.3. The number of rotatable bonds is 1. The van der Waals surface area contributed by atoms with Crippen molar-refractivity contribution < 1.29 is 8.42 Å². The number of nitrogens with one attached hydrogen (secondary N) is 1. The van der Waals surface area contributed by atoms with E-state index in [1.165, 1.54) is 18.5 Å². The molecule has 13 heavy (non-hydrogen) atoms. The van der Waals surface area contributed by atoms with Crippen LogP contribution in [0.4, 0.5) is 0 Å². The van der Waals surface area contributed by atoms with E-state index in [4.69, 9.17) is 0 Å². The second-order valence-electron chi connectivity index (χ2n) is 2.82. The molecule has 0 aliphatic rings. The molecule has 0 atom stereocenters. The van der Waals surface area contributed by atoms with Crippen molar-refractivity contribution in [3.05, 3.63) is 24.5 Å². The van der Waals surface area contributed by atoms with Crippen LogP contribution in [0, 0.1) is 0 Å². The SMILES string of the molecule is CS(=O)(=O)c1ccnc2cc[nH]c12. The predicted octanol–water partition coefficient (Wildman–Crippen LogP) is 0.966. The first-order chi connectivity index (χ1) is 6.09. The molecule has 4 nitrogen and oxygen atoms in total. The van der Waals surface area contributed by atoms with Gasteiger partial charge in [-0.05, 0) is 12.1 Å². The Balaban J connectivity index is 2.91. The Labute approximate surface area is 75.5 Å². The summed E-state index contributed by atoms with van der Waals surface area (Å²) in [6, 6.07) is 3.23. The molecule has 2 heterocycles. The van der Waals surface area contributed by atoms with Crippen LogP contribution in [-0.2, 0) is 9.84 Å². The van der Waals surface area contributed by atoms with E-state index in [9.17, 15) is 8.42 Å². The Morgan fingerprint density at radius 1 is 1.38 bits per heavy atom. The number of aromatic amines is 1. The van der Waals surface area contributed by atoms with Crippen LogP contribution < -0.4 is 0 Å². The Morgan fingerprint density at radius 2 is 2.15 bits per heavy atom. The number of pyridine rings is 1. The van der Waals surface area contributed by atoms with Gasteiger partial charge in [0.15, 0.2) is 9.84 Å². The number of sulfone groups is 1. The molecule has 2 rings (SSSR count). The van der Waals surface area contributed by atoms with Gasteiger partial charge < -0.3 is 4.98 Å². The summed E-state index contributed by atoms with van der Waals surface area (Å²) in [7, 11) is -3.17. The first-order valence-corrected chi connectivity index (χ1v) is 5.60. The molecule has 0 aliphatic heterocycles. The van der Waals surface area contributed by atoms with Crippen LogP contribution in [-0.4, -0.2) is 24.6 Å². The Morgan fingerprint density at radius 3 is 2.85 bits per heavy atom. The summed E-state index contributed by atoms with van der Waals surface area (Å²) in [5.41, 5.74) is 1.24. The van der Waals surface area contributed by atoms with Crippen molar-refractivity contribution in [2.75, 3.05) is 6.26 Å². The number of fused-ring (bicyclic) bond motifs is 1. The number of hydrogen-bond donors (Lipinski definition) is 1. The monoisotopic (exact) mass is 196 g/mol. The third-order valence-electron chi connectivity index (χ3n) is 1.81.